The summed E-state index contributed by atoms with van der Waals surface area (Å²) in [5.74, 6) is 1.31. The van der Waals surface area contributed by atoms with Crippen LogP contribution in [-0.4, -0.2) is 29.9 Å². The summed E-state index contributed by atoms with van der Waals surface area (Å²) in [6.45, 7) is 0. The van der Waals surface area contributed by atoms with Gasteiger partial charge in [-0.2, -0.15) is 10.1 Å². The normalized spacial score (nSPS) is 11.3. The van der Waals surface area contributed by atoms with E-state index < -0.39 is 0 Å². The van der Waals surface area contributed by atoms with Crippen LogP contribution in [0.2, 0.25) is 0 Å². The number of thiophene rings is 1. The second kappa shape index (κ2) is 7.13. The van der Waals surface area contributed by atoms with Crippen LogP contribution < -0.4 is 0 Å². The van der Waals surface area contributed by atoms with Crippen molar-refractivity contribution < 1.29 is 8.91 Å². The molecular formula is C18H11FN6OS2. The van der Waals surface area contributed by atoms with Crippen molar-refractivity contribution >= 4 is 34.1 Å². The Balaban J connectivity index is 1.40. The molecule has 5 aromatic rings. The number of nitrogens with zero attached hydrogens (tertiary/aromatic N) is 6. The molecule has 0 saturated carbocycles. The van der Waals surface area contributed by atoms with Gasteiger partial charge < -0.3 is 4.52 Å². The standard InChI is InChI=1S/C18H11FN6OS2/c19-11-3-5-12(6-4-11)25-16-13(8-22-25)18(21-10-20-16)28-9-15-23-17(26-24-15)14-2-1-7-27-14/h1-8,10H,9H2. The number of thioether (sulfide) groups is 1. The lowest BCUT2D eigenvalue weighted by Crippen LogP contribution is -1.98. The molecule has 0 amide bonds. The predicted molar refractivity (Wildman–Crippen MR) is 104 cm³/mol. The first-order valence-electron chi connectivity index (χ1n) is 8.22. The molecule has 0 saturated heterocycles. The largest absolute Gasteiger partial charge is 0.333 e. The third-order valence-corrected chi connectivity index (χ3v) is 5.80. The summed E-state index contributed by atoms with van der Waals surface area (Å²) < 4.78 is 20.2. The van der Waals surface area contributed by atoms with E-state index in [9.17, 15) is 4.39 Å². The number of hydrogen-bond donors (Lipinski definition) is 0. The number of halogens is 1. The molecule has 0 aliphatic carbocycles. The van der Waals surface area contributed by atoms with E-state index in [2.05, 4.69) is 25.2 Å². The van der Waals surface area contributed by atoms with E-state index in [1.54, 1.807) is 34.3 Å². The van der Waals surface area contributed by atoms with Gasteiger partial charge in [0.15, 0.2) is 11.5 Å². The van der Waals surface area contributed by atoms with E-state index >= 15 is 0 Å². The fourth-order valence-corrected chi connectivity index (χ4v) is 4.10. The van der Waals surface area contributed by atoms with E-state index in [4.69, 9.17) is 4.52 Å². The van der Waals surface area contributed by atoms with E-state index in [0.717, 1.165) is 21.0 Å². The van der Waals surface area contributed by atoms with Gasteiger partial charge in [-0.3, -0.25) is 0 Å². The van der Waals surface area contributed by atoms with Gasteiger partial charge in [-0.05, 0) is 35.7 Å². The predicted octanol–water partition coefficient (Wildman–Crippen LogP) is 4.36. The lowest BCUT2D eigenvalue weighted by atomic mass is 10.3. The summed E-state index contributed by atoms with van der Waals surface area (Å²) >= 11 is 3.03. The summed E-state index contributed by atoms with van der Waals surface area (Å²) in [6.07, 6.45) is 3.19. The zero-order chi connectivity index (χ0) is 18.9. The molecule has 4 heterocycles. The average Bonchev–Trinajstić information content (AvgIpc) is 3.46. The summed E-state index contributed by atoms with van der Waals surface area (Å²) in [5.41, 5.74) is 1.38. The van der Waals surface area contributed by atoms with Gasteiger partial charge in [0.25, 0.3) is 5.89 Å². The molecule has 0 aliphatic heterocycles. The zero-order valence-corrected chi connectivity index (χ0v) is 15.8. The Morgan fingerprint density at radius 3 is 2.86 bits per heavy atom. The van der Waals surface area contributed by atoms with Crippen LogP contribution in [0.15, 0.2) is 63.9 Å². The molecule has 0 radical (unpaired) electrons. The van der Waals surface area contributed by atoms with Crippen LogP contribution in [0.5, 0.6) is 0 Å². The molecule has 138 valence electrons. The quantitative estimate of drug-likeness (QED) is 0.314. The topological polar surface area (TPSA) is 82.5 Å². The molecule has 0 unspecified atom stereocenters. The van der Waals surface area contributed by atoms with Gasteiger partial charge >= 0.3 is 0 Å². The molecule has 0 fully saturated rings. The molecule has 1 aromatic carbocycles. The van der Waals surface area contributed by atoms with Gasteiger partial charge in [0.05, 0.1) is 27.9 Å². The van der Waals surface area contributed by atoms with Crippen molar-refractivity contribution in [3.63, 3.8) is 0 Å². The monoisotopic (exact) mass is 410 g/mol. The maximum Gasteiger partial charge on any atom is 0.268 e. The molecule has 0 atom stereocenters. The maximum absolute atomic E-state index is 13.2. The van der Waals surface area contributed by atoms with Crippen LogP contribution in [0, 0.1) is 5.82 Å². The Morgan fingerprint density at radius 2 is 2.04 bits per heavy atom. The van der Waals surface area contributed by atoms with Crippen LogP contribution in [0.3, 0.4) is 0 Å². The number of benzene rings is 1. The van der Waals surface area contributed by atoms with E-state index in [1.807, 2.05) is 17.5 Å². The van der Waals surface area contributed by atoms with Crippen LogP contribution >= 0.6 is 23.1 Å². The number of fused-ring (bicyclic) bond motifs is 1. The minimum Gasteiger partial charge on any atom is -0.333 e. The van der Waals surface area contributed by atoms with Gasteiger partial charge in [-0.25, -0.2) is 19.0 Å². The van der Waals surface area contributed by atoms with Crippen LogP contribution in [-0.2, 0) is 5.75 Å². The summed E-state index contributed by atoms with van der Waals surface area (Å²) in [6, 6.07) is 9.97. The first-order valence-corrected chi connectivity index (χ1v) is 10.1. The highest BCUT2D eigenvalue weighted by Crippen LogP contribution is 2.29. The first-order chi connectivity index (χ1) is 13.8. The molecule has 5 rings (SSSR count). The minimum atomic E-state index is -0.298. The van der Waals surface area contributed by atoms with Crippen LogP contribution in [0.4, 0.5) is 4.39 Å². The molecule has 28 heavy (non-hydrogen) atoms. The van der Waals surface area contributed by atoms with E-state index in [0.29, 0.717) is 23.1 Å². The molecule has 7 nitrogen and oxygen atoms in total. The average molecular weight is 410 g/mol. The molecule has 0 bridgehead atoms. The van der Waals surface area contributed by atoms with Gasteiger partial charge in [0.1, 0.15) is 17.2 Å². The zero-order valence-electron chi connectivity index (χ0n) is 14.2. The Kier molecular flexibility index (Phi) is 4.34. The van der Waals surface area contributed by atoms with Crippen molar-refractivity contribution in [2.75, 3.05) is 0 Å². The van der Waals surface area contributed by atoms with Gasteiger partial charge in [-0.1, -0.05) is 23.0 Å². The molecule has 10 heteroatoms. The second-order valence-corrected chi connectivity index (χ2v) is 7.64. The van der Waals surface area contributed by atoms with Crippen LogP contribution in [0.1, 0.15) is 5.82 Å². The highest BCUT2D eigenvalue weighted by Gasteiger charge is 2.14. The number of rotatable bonds is 5. The van der Waals surface area contributed by atoms with Crippen molar-refractivity contribution in [2.45, 2.75) is 10.8 Å². The Labute approximate surface area is 166 Å². The summed E-state index contributed by atoms with van der Waals surface area (Å²) in [5, 5.41) is 11.9. The van der Waals surface area contributed by atoms with Crippen molar-refractivity contribution in [2.24, 2.45) is 0 Å². The second-order valence-electron chi connectivity index (χ2n) is 5.73. The molecule has 0 spiro atoms. The Morgan fingerprint density at radius 1 is 1.14 bits per heavy atom. The summed E-state index contributed by atoms with van der Waals surface area (Å²) in [4.78, 5) is 14.0. The third-order valence-electron chi connectivity index (χ3n) is 3.94. The van der Waals surface area contributed by atoms with Crippen molar-refractivity contribution in [3.8, 4) is 16.5 Å². The maximum atomic E-state index is 13.2. The molecule has 4 aromatic heterocycles. The molecule has 0 aliphatic rings. The smallest absolute Gasteiger partial charge is 0.268 e. The fraction of sp³-hybridized carbons (Fsp3) is 0.0556. The van der Waals surface area contributed by atoms with Crippen molar-refractivity contribution in [3.05, 3.63) is 65.9 Å². The van der Waals surface area contributed by atoms with Crippen molar-refractivity contribution in [1.29, 1.82) is 0 Å². The number of hydrogen-bond acceptors (Lipinski definition) is 8. The number of aromatic nitrogens is 6. The van der Waals surface area contributed by atoms with Gasteiger partial charge in [0.2, 0.25) is 0 Å². The molecule has 0 N–H and O–H groups in total. The van der Waals surface area contributed by atoms with Crippen molar-refractivity contribution in [1.82, 2.24) is 29.9 Å². The highest BCUT2D eigenvalue weighted by molar-refractivity contribution is 7.98. The Bertz CT molecular complexity index is 1230. The van der Waals surface area contributed by atoms with Crippen LogP contribution in [0.25, 0.3) is 27.5 Å². The lowest BCUT2D eigenvalue weighted by molar-refractivity contribution is 0.426. The Hall–Kier alpha value is -3.11. The lowest BCUT2D eigenvalue weighted by Gasteiger charge is -2.03. The minimum absolute atomic E-state index is 0.298. The first kappa shape index (κ1) is 17.0. The van der Waals surface area contributed by atoms with Gasteiger partial charge in [0, 0.05) is 0 Å². The SMILES string of the molecule is Fc1ccc(-n2ncc3c(SCc4noc(-c5cccs5)n4)ncnc32)cc1. The van der Waals surface area contributed by atoms with E-state index in [1.165, 1.54) is 30.2 Å². The fourth-order valence-electron chi connectivity index (χ4n) is 2.65. The van der Waals surface area contributed by atoms with Gasteiger partial charge in [-0.15, -0.1) is 11.3 Å². The molecular weight excluding hydrogens is 399 g/mol. The highest BCUT2D eigenvalue weighted by atomic mass is 32.2. The summed E-state index contributed by atoms with van der Waals surface area (Å²) in [7, 11) is 0. The third kappa shape index (κ3) is 3.16. The van der Waals surface area contributed by atoms with E-state index in [-0.39, 0.29) is 5.82 Å².